The summed E-state index contributed by atoms with van der Waals surface area (Å²) < 4.78 is 0. The molecule has 1 aromatic carbocycles. The van der Waals surface area contributed by atoms with Crippen molar-refractivity contribution in [2.75, 3.05) is 0 Å². The maximum absolute atomic E-state index is 8.50. The number of aryl methyl sites for hydroxylation is 2. The van der Waals surface area contributed by atoms with E-state index < -0.39 is 0 Å². The fourth-order valence-corrected chi connectivity index (χ4v) is 1.17. The van der Waals surface area contributed by atoms with Crippen LogP contribution < -0.4 is 0 Å². The summed E-state index contributed by atoms with van der Waals surface area (Å²) in [7, 11) is 0. The van der Waals surface area contributed by atoms with Crippen LogP contribution in [0.5, 0.6) is 0 Å². The minimum Gasteiger partial charge on any atom is -0.193 e. The highest BCUT2D eigenvalue weighted by atomic mass is 14.2. The van der Waals surface area contributed by atoms with Crippen molar-refractivity contribution in [3.63, 3.8) is 0 Å². The largest absolute Gasteiger partial charge is 0.193 e. The average molecular weight is 171 g/mol. The molecule has 0 amide bonds. The number of nitrogens with zero attached hydrogens (tertiary/aromatic N) is 1. The molecule has 0 aliphatic heterocycles. The van der Waals surface area contributed by atoms with Gasteiger partial charge in [0.2, 0.25) is 0 Å². The molecule has 1 rings (SSSR count). The van der Waals surface area contributed by atoms with Crippen molar-refractivity contribution in [2.45, 2.75) is 20.8 Å². The fourth-order valence-electron chi connectivity index (χ4n) is 1.17. The van der Waals surface area contributed by atoms with Crippen LogP contribution in [0.3, 0.4) is 0 Å². The van der Waals surface area contributed by atoms with Crippen LogP contribution in [0.2, 0.25) is 0 Å². The van der Waals surface area contributed by atoms with Gasteiger partial charge >= 0.3 is 0 Å². The zero-order chi connectivity index (χ0) is 9.84. The van der Waals surface area contributed by atoms with E-state index in [1.165, 1.54) is 11.1 Å². The molecule has 0 fully saturated rings. The van der Waals surface area contributed by atoms with E-state index in [1.807, 2.05) is 19.1 Å². The minimum atomic E-state index is 1.02. The monoisotopic (exact) mass is 171 g/mol. The van der Waals surface area contributed by atoms with Gasteiger partial charge < -0.3 is 0 Å². The van der Waals surface area contributed by atoms with Gasteiger partial charge in [-0.2, -0.15) is 5.26 Å². The molecule has 0 bridgehead atoms. The maximum Gasteiger partial charge on any atom is 0.0915 e. The fraction of sp³-hybridized carbons (Fsp3) is 0.250. The van der Waals surface area contributed by atoms with Crippen LogP contribution in [0.15, 0.2) is 24.3 Å². The first-order valence-corrected chi connectivity index (χ1v) is 4.29. The molecule has 0 atom stereocenters. The molecule has 0 N–H and O–H groups in total. The van der Waals surface area contributed by atoms with Gasteiger partial charge in [0.15, 0.2) is 0 Å². The van der Waals surface area contributed by atoms with Crippen LogP contribution in [0.1, 0.15) is 23.6 Å². The van der Waals surface area contributed by atoms with Gasteiger partial charge in [0.25, 0.3) is 0 Å². The van der Waals surface area contributed by atoms with E-state index in [9.17, 15) is 0 Å². The van der Waals surface area contributed by atoms with E-state index in [0.717, 1.165) is 11.1 Å². The Morgan fingerprint density at radius 1 is 1.31 bits per heavy atom. The molecule has 0 aliphatic rings. The van der Waals surface area contributed by atoms with E-state index >= 15 is 0 Å². The number of nitriles is 1. The predicted octanol–water partition coefficient (Wildman–Crippen LogP) is 3.23. The van der Waals surface area contributed by atoms with Gasteiger partial charge in [-0.05, 0) is 43.0 Å². The third-order valence-corrected chi connectivity index (χ3v) is 2.24. The third kappa shape index (κ3) is 2.19. The smallest absolute Gasteiger partial charge is 0.0915 e. The highest BCUT2D eigenvalue weighted by molar-refractivity contribution is 5.66. The van der Waals surface area contributed by atoms with E-state index in [1.54, 1.807) is 6.08 Å². The minimum absolute atomic E-state index is 1.02. The van der Waals surface area contributed by atoms with Crippen LogP contribution in [0, 0.1) is 25.2 Å². The quantitative estimate of drug-likeness (QED) is 0.595. The van der Waals surface area contributed by atoms with Gasteiger partial charge in [0.1, 0.15) is 0 Å². The Morgan fingerprint density at radius 2 is 2.00 bits per heavy atom. The molecule has 1 aromatic rings. The molecular weight excluding hydrogens is 158 g/mol. The van der Waals surface area contributed by atoms with Crippen molar-refractivity contribution in [1.29, 1.82) is 5.26 Å². The lowest BCUT2D eigenvalue weighted by Crippen LogP contribution is -1.84. The zero-order valence-corrected chi connectivity index (χ0v) is 8.26. The average Bonchev–Trinajstić information content (AvgIpc) is 2.10. The Bertz CT molecular complexity index is 381. The number of allylic oxidation sites excluding steroid dienone is 2. The second-order valence-electron chi connectivity index (χ2n) is 3.26. The highest BCUT2D eigenvalue weighted by Gasteiger charge is 1.97. The summed E-state index contributed by atoms with van der Waals surface area (Å²) in [5, 5.41) is 8.50. The van der Waals surface area contributed by atoms with Gasteiger partial charge in [-0.1, -0.05) is 18.2 Å². The maximum atomic E-state index is 8.50. The summed E-state index contributed by atoms with van der Waals surface area (Å²) in [6, 6.07) is 8.28. The molecule has 0 spiro atoms. The summed E-state index contributed by atoms with van der Waals surface area (Å²) in [6.45, 7) is 6.12. The van der Waals surface area contributed by atoms with Gasteiger partial charge in [0, 0.05) is 6.08 Å². The lowest BCUT2D eigenvalue weighted by Gasteiger charge is -2.04. The number of rotatable bonds is 1. The molecule has 0 heterocycles. The van der Waals surface area contributed by atoms with Crippen LogP contribution >= 0.6 is 0 Å². The number of hydrogen-bond donors (Lipinski definition) is 0. The summed E-state index contributed by atoms with van der Waals surface area (Å²) in [5.41, 5.74) is 4.70. The molecule has 0 unspecified atom stereocenters. The van der Waals surface area contributed by atoms with Gasteiger partial charge in [-0.25, -0.2) is 0 Å². The van der Waals surface area contributed by atoms with Gasteiger partial charge in [-0.15, -0.1) is 0 Å². The Kier molecular flexibility index (Phi) is 2.87. The highest BCUT2D eigenvalue weighted by Crippen LogP contribution is 2.17. The van der Waals surface area contributed by atoms with Crippen molar-refractivity contribution < 1.29 is 0 Å². The molecule has 0 aromatic heterocycles. The molecule has 66 valence electrons. The topological polar surface area (TPSA) is 23.8 Å². The van der Waals surface area contributed by atoms with Crippen LogP contribution in [-0.4, -0.2) is 0 Å². The van der Waals surface area contributed by atoms with E-state index in [2.05, 4.69) is 26.0 Å². The van der Waals surface area contributed by atoms with E-state index in [-0.39, 0.29) is 0 Å². The normalized spacial score (nSPS) is 11.1. The number of benzene rings is 1. The Labute approximate surface area is 79.3 Å². The van der Waals surface area contributed by atoms with Gasteiger partial charge in [-0.3, -0.25) is 0 Å². The number of hydrogen-bond acceptors (Lipinski definition) is 1. The third-order valence-electron chi connectivity index (χ3n) is 2.24. The molecule has 0 aliphatic carbocycles. The molecule has 0 saturated heterocycles. The van der Waals surface area contributed by atoms with E-state index in [4.69, 9.17) is 5.26 Å². The molecule has 0 saturated carbocycles. The lowest BCUT2D eigenvalue weighted by molar-refractivity contribution is 1.33. The first-order chi connectivity index (χ1) is 6.15. The van der Waals surface area contributed by atoms with Crippen molar-refractivity contribution in [2.24, 2.45) is 0 Å². The standard InChI is InChI=1S/C12H13N/c1-9-4-5-12(8-11(9)3)10(2)6-7-13/h4-6,8H,1-3H3. The lowest BCUT2D eigenvalue weighted by atomic mass is 10.0. The molecule has 13 heavy (non-hydrogen) atoms. The summed E-state index contributed by atoms with van der Waals surface area (Å²) in [6.07, 6.45) is 1.57. The Balaban J connectivity index is 3.13. The molecule has 1 nitrogen and oxygen atoms in total. The van der Waals surface area contributed by atoms with E-state index in [0.29, 0.717) is 0 Å². The first-order valence-electron chi connectivity index (χ1n) is 4.29. The van der Waals surface area contributed by atoms with Crippen LogP contribution in [-0.2, 0) is 0 Å². The molecular formula is C12H13N. The van der Waals surface area contributed by atoms with Gasteiger partial charge in [0.05, 0.1) is 6.07 Å². The second-order valence-corrected chi connectivity index (χ2v) is 3.26. The Hall–Kier alpha value is -1.55. The SMILES string of the molecule is CC(=CC#N)c1ccc(C)c(C)c1. The summed E-state index contributed by atoms with van der Waals surface area (Å²) >= 11 is 0. The Morgan fingerprint density at radius 3 is 2.54 bits per heavy atom. The summed E-state index contributed by atoms with van der Waals surface area (Å²) in [4.78, 5) is 0. The van der Waals surface area contributed by atoms with Crippen LogP contribution in [0.25, 0.3) is 5.57 Å². The van der Waals surface area contributed by atoms with Crippen molar-refractivity contribution in [3.8, 4) is 6.07 Å². The summed E-state index contributed by atoms with van der Waals surface area (Å²) in [5.74, 6) is 0. The second kappa shape index (κ2) is 3.91. The first kappa shape index (κ1) is 9.54. The molecule has 0 radical (unpaired) electrons. The van der Waals surface area contributed by atoms with Crippen molar-refractivity contribution in [3.05, 3.63) is 41.0 Å². The predicted molar refractivity (Wildman–Crippen MR) is 55.2 cm³/mol. The molecule has 1 heteroatoms. The van der Waals surface area contributed by atoms with Crippen LogP contribution in [0.4, 0.5) is 0 Å². The van der Waals surface area contributed by atoms with Crippen molar-refractivity contribution in [1.82, 2.24) is 0 Å². The zero-order valence-electron chi connectivity index (χ0n) is 8.26. The van der Waals surface area contributed by atoms with Crippen molar-refractivity contribution >= 4 is 5.57 Å².